The number of likely N-dealkylation sites (tertiary alicyclic amines) is 1. The standard InChI is InChI=1S/C23H34N2O2S/c1-17(2)28(26,27)25-15-21-10-11-22(23(21)16-25)20-8-6-19(7-9-20)12-14-24-13-4-5-18(24)3/h6-9,11,17-18,21,23H,4-5,10,12-16H2,1-3H3. The highest BCUT2D eigenvalue weighted by Gasteiger charge is 2.43. The summed E-state index contributed by atoms with van der Waals surface area (Å²) in [6.07, 6.45) is 7.12. The van der Waals surface area contributed by atoms with Gasteiger partial charge in [0.2, 0.25) is 10.0 Å². The van der Waals surface area contributed by atoms with Crippen LogP contribution in [-0.4, -0.2) is 55.1 Å². The second-order valence-corrected chi connectivity index (χ2v) is 11.6. The molecule has 3 aliphatic rings. The van der Waals surface area contributed by atoms with Crippen LogP contribution >= 0.6 is 0 Å². The maximum Gasteiger partial charge on any atom is 0.216 e. The molecule has 0 bridgehead atoms. The molecule has 2 fully saturated rings. The molecule has 4 rings (SSSR count). The summed E-state index contributed by atoms with van der Waals surface area (Å²) in [5.41, 5.74) is 4.02. The van der Waals surface area contributed by atoms with E-state index in [2.05, 4.69) is 42.2 Å². The number of nitrogens with zero attached hydrogens (tertiary/aromatic N) is 2. The van der Waals surface area contributed by atoms with Gasteiger partial charge in [0.25, 0.3) is 0 Å². The van der Waals surface area contributed by atoms with E-state index in [4.69, 9.17) is 0 Å². The van der Waals surface area contributed by atoms with E-state index in [1.54, 1.807) is 18.2 Å². The van der Waals surface area contributed by atoms with Crippen molar-refractivity contribution in [1.29, 1.82) is 0 Å². The van der Waals surface area contributed by atoms with E-state index >= 15 is 0 Å². The third kappa shape index (κ3) is 3.81. The Morgan fingerprint density at radius 2 is 1.89 bits per heavy atom. The number of fused-ring (bicyclic) bond motifs is 1. The van der Waals surface area contributed by atoms with Gasteiger partial charge in [-0.15, -0.1) is 0 Å². The molecule has 5 heteroatoms. The average Bonchev–Trinajstić information content (AvgIpc) is 3.36. The van der Waals surface area contributed by atoms with Gasteiger partial charge in [-0.3, -0.25) is 0 Å². The van der Waals surface area contributed by atoms with Crippen LogP contribution in [0.3, 0.4) is 0 Å². The van der Waals surface area contributed by atoms with Crippen molar-refractivity contribution in [1.82, 2.24) is 9.21 Å². The van der Waals surface area contributed by atoms with Crippen LogP contribution in [0.2, 0.25) is 0 Å². The van der Waals surface area contributed by atoms with Gasteiger partial charge < -0.3 is 4.90 Å². The van der Waals surface area contributed by atoms with Gasteiger partial charge in [0, 0.05) is 31.6 Å². The summed E-state index contributed by atoms with van der Waals surface area (Å²) in [5, 5.41) is -0.337. The van der Waals surface area contributed by atoms with E-state index in [9.17, 15) is 8.42 Å². The zero-order chi connectivity index (χ0) is 19.9. The molecule has 4 nitrogen and oxygen atoms in total. The monoisotopic (exact) mass is 402 g/mol. The number of benzene rings is 1. The molecule has 0 saturated carbocycles. The first-order valence-electron chi connectivity index (χ1n) is 10.9. The van der Waals surface area contributed by atoms with Crippen molar-refractivity contribution in [3.8, 4) is 0 Å². The minimum atomic E-state index is -3.15. The van der Waals surface area contributed by atoms with Crippen LogP contribution < -0.4 is 0 Å². The molecular weight excluding hydrogens is 368 g/mol. The molecule has 3 atom stereocenters. The molecule has 2 heterocycles. The van der Waals surface area contributed by atoms with Gasteiger partial charge in [0.05, 0.1) is 5.25 Å². The summed E-state index contributed by atoms with van der Waals surface area (Å²) in [5.74, 6) is 0.796. The van der Waals surface area contributed by atoms with Crippen LogP contribution in [0.25, 0.3) is 5.57 Å². The fraction of sp³-hybridized carbons (Fsp3) is 0.652. The molecule has 3 unspecified atom stereocenters. The van der Waals surface area contributed by atoms with Gasteiger partial charge in [0.1, 0.15) is 0 Å². The van der Waals surface area contributed by atoms with Crippen molar-refractivity contribution in [3.05, 3.63) is 41.5 Å². The molecule has 154 valence electrons. The number of allylic oxidation sites excluding steroid dienone is 1. The van der Waals surface area contributed by atoms with Gasteiger partial charge in [-0.25, -0.2) is 12.7 Å². The second kappa shape index (κ2) is 7.92. The zero-order valence-corrected chi connectivity index (χ0v) is 18.3. The third-order valence-electron chi connectivity index (χ3n) is 7.07. The summed E-state index contributed by atoms with van der Waals surface area (Å²) >= 11 is 0. The molecule has 0 radical (unpaired) electrons. The Labute approximate surface area is 170 Å². The van der Waals surface area contributed by atoms with E-state index in [0.29, 0.717) is 24.9 Å². The quantitative estimate of drug-likeness (QED) is 0.727. The fourth-order valence-corrected chi connectivity index (χ4v) is 6.52. The predicted molar refractivity (Wildman–Crippen MR) is 116 cm³/mol. The Balaban J connectivity index is 1.40. The molecule has 0 aromatic heterocycles. The largest absolute Gasteiger partial charge is 0.300 e. The van der Waals surface area contributed by atoms with E-state index in [-0.39, 0.29) is 5.25 Å². The first kappa shape index (κ1) is 20.1. The Morgan fingerprint density at radius 1 is 1.14 bits per heavy atom. The Kier molecular flexibility index (Phi) is 5.69. The van der Waals surface area contributed by atoms with Gasteiger partial charge in [-0.2, -0.15) is 0 Å². The van der Waals surface area contributed by atoms with Crippen molar-refractivity contribution >= 4 is 15.6 Å². The molecule has 1 aliphatic carbocycles. The van der Waals surface area contributed by atoms with Gasteiger partial charge in [-0.1, -0.05) is 30.3 Å². The molecule has 2 aliphatic heterocycles. The lowest BCUT2D eigenvalue weighted by Gasteiger charge is -2.21. The molecular formula is C23H34N2O2S. The van der Waals surface area contributed by atoms with E-state index in [1.807, 2.05) is 0 Å². The average molecular weight is 403 g/mol. The van der Waals surface area contributed by atoms with Crippen LogP contribution in [0.1, 0.15) is 51.2 Å². The predicted octanol–water partition coefficient (Wildman–Crippen LogP) is 3.79. The summed E-state index contributed by atoms with van der Waals surface area (Å²) in [4.78, 5) is 2.60. The Hall–Kier alpha value is -1.17. The van der Waals surface area contributed by atoms with Crippen LogP contribution in [0.5, 0.6) is 0 Å². The highest BCUT2D eigenvalue weighted by Crippen LogP contribution is 2.44. The number of rotatable bonds is 6. The maximum absolute atomic E-state index is 12.6. The first-order chi connectivity index (χ1) is 13.4. The van der Waals surface area contributed by atoms with Crippen LogP contribution in [0, 0.1) is 11.8 Å². The molecule has 1 aromatic carbocycles. The number of hydrogen-bond acceptors (Lipinski definition) is 3. The van der Waals surface area contributed by atoms with Crippen molar-refractivity contribution in [2.75, 3.05) is 26.2 Å². The molecule has 28 heavy (non-hydrogen) atoms. The smallest absolute Gasteiger partial charge is 0.216 e. The van der Waals surface area contributed by atoms with Gasteiger partial charge in [0.15, 0.2) is 0 Å². The van der Waals surface area contributed by atoms with E-state index < -0.39 is 10.0 Å². The Bertz CT molecular complexity index is 829. The molecule has 0 spiro atoms. The highest BCUT2D eigenvalue weighted by molar-refractivity contribution is 7.89. The fourth-order valence-electron chi connectivity index (χ4n) is 5.15. The lowest BCUT2D eigenvalue weighted by molar-refractivity contribution is 0.272. The number of hydrogen-bond donors (Lipinski definition) is 0. The first-order valence-corrected chi connectivity index (χ1v) is 12.4. The zero-order valence-electron chi connectivity index (χ0n) is 17.5. The summed E-state index contributed by atoms with van der Waals surface area (Å²) < 4.78 is 26.8. The summed E-state index contributed by atoms with van der Waals surface area (Å²) in [6.45, 7) is 9.61. The molecule has 1 aromatic rings. The van der Waals surface area contributed by atoms with Crippen LogP contribution in [-0.2, 0) is 16.4 Å². The van der Waals surface area contributed by atoms with Crippen molar-refractivity contribution in [2.24, 2.45) is 11.8 Å². The van der Waals surface area contributed by atoms with E-state index in [1.165, 1.54) is 36.1 Å². The maximum atomic E-state index is 12.6. The van der Waals surface area contributed by atoms with Gasteiger partial charge in [-0.05, 0) is 75.6 Å². The van der Waals surface area contributed by atoms with Crippen LogP contribution in [0.15, 0.2) is 30.3 Å². The molecule has 0 amide bonds. The van der Waals surface area contributed by atoms with Gasteiger partial charge >= 0.3 is 0 Å². The molecule has 0 N–H and O–H groups in total. The molecule has 2 saturated heterocycles. The van der Waals surface area contributed by atoms with Crippen LogP contribution in [0.4, 0.5) is 0 Å². The Morgan fingerprint density at radius 3 is 2.54 bits per heavy atom. The van der Waals surface area contributed by atoms with Crippen molar-refractivity contribution in [2.45, 2.75) is 57.7 Å². The normalized spacial score (nSPS) is 28.9. The SMILES string of the molecule is CC1CCCN1CCc1ccc(C2=CCC3CN(S(=O)(=O)C(C)C)CC23)cc1. The minimum absolute atomic E-state index is 0.337. The topological polar surface area (TPSA) is 40.6 Å². The second-order valence-electron chi connectivity index (χ2n) is 9.15. The van der Waals surface area contributed by atoms with E-state index in [0.717, 1.165) is 25.4 Å². The lowest BCUT2D eigenvalue weighted by Crippen LogP contribution is -2.35. The highest BCUT2D eigenvalue weighted by atomic mass is 32.2. The van der Waals surface area contributed by atoms with Crippen molar-refractivity contribution in [3.63, 3.8) is 0 Å². The van der Waals surface area contributed by atoms with Crippen molar-refractivity contribution < 1.29 is 8.42 Å². The number of sulfonamides is 1. The summed E-state index contributed by atoms with van der Waals surface area (Å²) in [6, 6.07) is 9.75. The third-order valence-corrected chi connectivity index (χ3v) is 9.28. The lowest BCUT2D eigenvalue weighted by atomic mass is 9.90. The minimum Gasteiger partial charge on any atom is -0.300 e. The summed E-state index contributed by atoms with van der Waals surface area (Å²) in [7, 11) is -3.15.